The van der Waals surface area contributed by atoms with Gasteiger partial charge in [0.15, 0.2) is 6.10 Å². The Labute approximate surface area is 170 Å². The summed E-state index contributed by atoms with van der Waals surface area (Å²) in [7, 11) is 0. The van der Waals surface area contributed by atoms with Crippen LogP contribution >= 0.6 is 0 Å². The fourth-order valence-corrected chi connectivity index (χ4v) is 3.24. The van der Waals surface area contributed by atoms with Gasteiger partial charge in [-0.1, -0.05) is 25.1 Å². The second-order valence-electron chi connectivity index (χ2n) is 6.98. The zero-order valence-electron chi connectivity index (χ0n) is 16.5. The third kappa shape index (κ3) is 6.02. The summed E-state index contributed by atoms with van der Waals surface area (Å²) in [5.41, 5.74) is 0.564. The van der Waals surface area contributed by atoms with E-state index in [1.807, 2.05) is 42.2 Å². The molecule has 1 aliphatic rings. The van der Waals surface area contributed by atoms with E-state index < -0.39 is 6.10 Å². The van der Waals surface area contributed by atoms with Crippen LogP contribution in [0.15, 0.2) is 54.6 Å². The summed E-state index contributed by atoms with van der Waals surface area (Å²) < 4.78 is 18.8. The third-order valence-corrected chi connectivity index (χ3v) is 4.85. The molecule has 0 bridgehead atoms. The molecule has 1 aliphatic heterocycles. The molecule has 0 aliphatic carbocycles. The van der Waals surface area contributed by atoms with Crippen molar-refractivity contribution in [2.75, 3.05) is 38.0 Å². The lowest BCUT2D eigenvalue weighted by Crippen LogP contribution is -2.53. The molecular weight excluding hydrogens is 373 g/mol. The summed E-state index contributed by atoms with van der Waals surface area (Å²) in [6.07, 6.45) is 0.0827. The molecule has 0 radical (unpaired) electrons. The predicted octanol–water partition coefficient (Wildman–Crippen LogP) is 2.77. The van der Waals surface area contributed by atoms with Crippen LogP contribution in [0.25, 0.3) is 0 Å². The van der Waals surface area contributed by atoms with E-state index in [4.69, 9.17) is 4.74 Å². The highest BCUT2D eigenvalue weighted by Crippen LogP contribution is 2.15. The maximum Gasteiger partial charge on any atom is 0.263 e. The largest absolute Gasteiger partial charge is 0.481 e. The smallest absolute Gasteiger partial charge is 0.263 e. The molecule has 3 rings (SSSR count). The van der Waals surface area contributed by atoms with E-state index >= 15 is 0 Å². The van der Waals surface area contributed by atoms with Gasteiger partial charge in [0, 0.05) is 31.9 Å². The maximum absolute atomic E-state index is 12.9. The molecule has 0 aromatic heterocycles. The Kier molecular flexibility index (Phi) is 7.19. The lowest BCUT2D eigenvalue weighted by molar-refractivity contribution is -0.140. The van der Waals surface area contributed by atoms with E-state index in [1.54, 1.807) is 4.90 Å². The Bertz CT molecular complexity index is 806. The summed E-state index contributed by atoms with van der Waals surface area (Å²) in [6, 6.07) is 15.0. The Morgan fingerprint density at radius 3 is 2.31 bits per heavy atom. The number of carbonyl (C=O) groups excluding carboxylic acids is 2. The monoisotopic (exact) mass is 399 g/mol. The quantitative estimate of drug-likeness (QED) is 0.778. The van der Waals surface area contributed by atoms with Crippen molar-refractivity contribution in [2.24, 2.45) is 0 Å². The molecule has 7 heteroatoms. The summed E-state index contributed by atoms with van der Waals surface area (Å²) in [5.74, 6) is 0.163. The first-order valence-electron chi connectivity index (χ1n) is 9.83. The first-order chi connectivity index (χ1) is 14.0. The fourth-order valence-electron chi connectivity index (χ4n) is 3.24. The van der Waals surface area contributed by atoms with Crippen LogP contribution in [-0.4, -0.2) is 60.4 Å². The summed E-state index contributed by atoms with van der Waals surface area (Å²) in [4.78, 5) is 28.8. The van der Waals surface area contributed by atoms with Crippen LogP contribution in [0.1, 0.15) is 13.3 Å². The van der Waals surface area contributed by atoms with E-state index in [0.29, 0.717) is 44.0 Å². The number of piperazine rings is 1. The van der Waals surface area contributed by atoms with Crippen molar-refractivity contribution in [2.45, 2.75) is 19.4 Å². The molecule has 0 saturated carbocycles. The van der Waals surface area contributed by atoms with Gasteiger partial charge < -0.3 is 15.0 Å². The van der Waals surface area contributed by atoms with Crippen molar-refractivity contribution < 1.29 is 18.7 Å². The number of rotatable bonds is 7. The van der Waals surface area contributed by atoms with E-state index in [2.05, 4.69) is 5.32 Å². The molecule has 6 nitrogen and oxygen atoms in total. The number of nitrogens with zero attached hydrogens (tertiary/aromatic N) is 2. The van der Waals surface area contributed by atoms with Gasteiger partial charge in [0.05, 0.1) is 6.54 Å². The van der Waals surface area contributed by atoms with Crippen LogP contribution in [0, 0.1) is 5.82 Å². The molecule has 1 saturated heterocycles. The van der Waals surface area contributed by atoms with Gasteiger partial charge in [-0.2, -0.15) is 0 Å². The summed E-state index contributed by atoms with van der Waals surface area (Å²) >= 11 is 0. The molecule has 0 spiro atoms. The molecule has 2 aromatic rings. The van der Waals surface area contributed by atoms with Gasteiger partial charge in [0.2, 0.25) is 5.91 Å². The SMILES string of the molecule is CC[C@@H](Oc1ccccc1)C(=O)N1CCN(CC(=O)Nc2ccc(F)cc2)CC1. The Morgan fingerprint density at radius 2 is 1.69 bits per heavy atom. The standard InChI is InChI=1S/C22H26FN3O3/c1-2-20(29-19-6-4-3-5-7-19)22(28)26-14-12-25(13-15-26)16-21(27)24-18-10-8-17(23)9-11-18/h3-11,20H,2,12-16H2,1H3,(H,24,27)/t20-/m1/s1. The molecule has 1 heterocycles. The van der Waals surface area contributed by atoms with Crippen LogP contribution in [-0.2, 0) is 9.59 Å². The number of carbonyl (C=O) groups is 2. The molecular formula is C22H26FN3O3. The van der Waals surface area contributed by atoms with Crippen LogP contribution in [0.2, 0.25) is 0 Å². The van der Waals surface area contributed by atoms with Crippen molar-refractivity contribution in [3.8, 4) is 5.75 Å². The van der Waals surface area contributed by atoms with Gasteiger partial charge in [0.1, 0.15) is 11.6 Å². The second-order valence-corrected chi connectivity index (χ2v) is 6.98. The van der Waals surface area contributed by atoms with Crippen molar-refractivity contribution in [3.63, 3.8) is 0 Å². The van der Waals surface area contributed by atoms with Gasteiger partial charge in [-0.05, 0) is 42.8 Å². The topological polar surface area (TPSA) is 61.9 Å². The normalized spacial score (nSPS) is 15.6. The van der Waals surface area contributed by atoms with Crippen molar-refractivity contribution >= 4 is 17.5 Å². The zero-order chi connectivity index (χ0) is 20.6. The van der Waals surface area contributed by atoms with Gasteiger partial charge in [-0.3, -0.25) is 14.5 Å². The molecule has 2 amide bonds. The Morgan fingerprint density at radius 1 is 1.03 bits per heavy atom. The maximum atomic E-state index is 12.9. The number of para-hydroxylation sites is 1. The second kappa shape index (κ2) is 10.0. The lowest BCUT2D eigenvalue weighted by Gasteiger charge is -2.35. The minimum absolute atomic E-state index is 0.0215. The first kappa shape index (κ1) is 20.8. The molecule has 154 valence electrons. The average Bonchev–Trinajstić information content (AvgIpc) is 2.74. The van der Waals surface area contributed by atoms with Gasteiger partial charge in [0.25, 0.3) is 5.91 Å². The highest BCUT2D eigenvalue weighted by molar-refractivity contribution is 5.92. The zero-order valence-corrected chi connectivity index (χ0v) is 16.5. The van der Waals surface area contributed by atoms with Crippen LogP contribution in [0.5, 0.6) is 5.75 Å². The number of benzene rings is 2. The average molecular weight is 399 g/mol. The third-order valence-electron chi connectivity index (χ3n) is 4.85. The number of amides is 2. The Balaban J connectivity index is 1.45. The summed E-state index contributed by atoms with van der Waals surface area (Å²) in [5, 5.41) is 2.76. The molecule has 0 unspecified atom stereocenters. The highest BCUT2D eigenvalue weighted by Gasteiger charge is 2.28. The van der Waals surface area contributed by atoms with E-state index in [9.17, 15) is 14.0 Å². The number of nitrogens with one attached hydrogen (secondary N) is 1. The first-order valence-corrected chi connectivity index (χ1v) is 9.83. The number of hydrogen-bond donors (Lipinski definition) is 1. The number of ether oxygens (including phenoxy) is 1. The fraction of sp³-hybridized carbons (Fsp3) is 0.364. The minimum Gasteiger partial charge on any atom is -0.481 e. The van der Waals surface area contributed by atoms with Crippen LogP contribution < -0.4 is 10.1 Å². The molecule has 1 N–H and O–H groups in total. The lowest BCUT2D eigenvalue weighted by atomic mass is 10.2. The molecule has 2 aromatic carbocycles. The van der Waals surface area contributed by atoms with Gasteiger partial charge in [-0.15, -0.1) is 0 Å². The predicted molar refractivity (Wildman–Crippen MR) is 109 cm³/mol. The van der Waals surface area contributed by atoms with Crippen molar-refractivity contribution in [1.82, 2.24) is 9.80 Å². The van der Waals surface area contributed by atoms with Gasteiger partial charge in [-0.25, -0.2) is 4.39 Å². The molecule has 1 atom stereocenters. The van der Waals surface area contributed by atoms with Crippen molar-refractivity contribution in [3.05, 3.63) is 60.4 Å². The van der Waals surface area contributed by atoms with Crippen LogP contribution in [0.3, 0.4) is 0 Å². The van der Waals surface area contributed by atoms with Gasteiger partial charge >= 0.3 is 0 Å². The van der Waals surface area contributed by atoms with Crippen LogP contribution in [0.4, 0.5) is 10.1 Å². The number of halogens is 1. The summed E-state index contributed by atoms with van der Waals surface area (Å²) in [6.45, 7) is 4.50. The minimum atomic E-state index is -0.509. The number of hydrogen-bond acceptors (Lipinski definition) is 4. The highest BCUT2D eigenvalue weighted by atomic mass is 19.1. The molecule has 1 fully saturated rings. The van der Waals surface area contributed by atoms with E-state index in [0.717, 1.165) is 0 Å². The van der Waals surface area contributed by atoms with E-state index in [-0.39, 0.29) is 24.2 Å². The molecule has 29 heavy (non-hydrogen) atoms. The Hall–Kier alpha value is -2.93. The van der Waals surface area contributed by atoms with Crippen molar-refractivity contribution in [1.29, 1.82) is 0 Å². The van der Waals surface area contributed by atoms with E-state index in [1.165, 1.54) is 24.3 Å². The number of anilines is 1.